The van der Waals surface area contributed by atoms with Crippen molar-refractivity contribution >= 4 is 28.9 Å². The summed E-state index contributed by atoms with van der Waals surface area (Å²) >= 11 is 5.88. The van der Waals surface area contributed by atoms with Gasteiger partial charge in [-0.3, -0.25) is 0 Å². The molecule has 2 rings (SSSR count). The van der Waals surface area contributed by atoms with Gasteiger partial charge in [0.15, 0.2) is 0 Å². The number of carbonyl (C=O) groups is 1. The average Bonchev–Trinajstić information content (AvgIpc) is 2.39. The molecule has 0 aliphatic carbocycles. The molecule has 0 atom stereocenters. The van der Waals surface area contributed by atoms with Crippen LogP contribution in [0.4, 0.5) is 15.8 Å². The van der Waals surface area contributed by atoms with E-state index in [-0.39, 0.29) is 17.9 Å². The molecule has 2 aromatic rings. The Labute approximate surface area is 120 Å². The predicted molar refractivity (Wildman–Crippen MR) is 75.8 cm³/mol. The lowest BCUT2D eigenvalue weighted by Crippen LogP contribution is -2.09. The van der Waals surface area contributed by atoms with Crippen molar-refractivity contribution in [2.45, 2.75) is 6.61 Å². The van der Waals surface area contributed by atoms with Crippen LogP contribution in [0.15, 0.2) is 36.4 Å². The van der Waals surface area contributed by atoms with E-state index in [1.165, 1.54) is 30.3 Å². The van der Waals surface area contributed by atoms with E-state index in [1.54, 1.807) is 6.07 Å². The van der Waals surface area contributed by atoms with Gasteiger partial charge in [0.1, 0.15) is 12.4 Å². The Morgan fingerprint density at radius 3 is 2.65 bits per heavy atom. The number of benzene rings is 2. The molecule has 0 bridgehead atoms. The Kier molecular flexibility index (Phi) is 4.10. The van der Waals surface area contributed by atoms with Crippen LogP contribution in [-0.4, -0.2) is 5.97 Å². The lowest BCUT2D eigenvalue weighted by Gasteiger charge is -2.09. The molecule has 0 aliphatic heterocycles. The maximum Gasteiger partial charge on any atom is 0.340 e. The smallest absolute Gasteiger partial charge is 0.340 e. The van der Waals surface area contributed by atoms with Crippen molar-refractivity contribution in [3.05, 3.63) is 58.4 Å². The topological polar surface area (TPSA) is 78.3 Å². The predicted octanol–water partition coefficient (Wildman–Crippen LogP) is 3.00. The molecule has 0 spiro atoms. The molecule has 104 valence electrons. The van der Waals surface area contributed by atoms with E-state index in [9.17, 15) is 9.18 Å². The zero-order valence-electron chi connectivity index (χ0n) is 10.4. The summed E-state index contributed by atoms with van der Waals surface area (Å²) in [4.78, 5) is 11.9. The van der Waals surface area contributed by atoms with Crippen LogP contribution in [0, 0.1) is 5.82 Å². The Hall–Kier alpha value is -2.27. The minimum absolute atomic E-state index is 0.140. The van der Waals surface area contributed by atoms with E-state index in [0.717, 1.165) is 0 Å². The second-order valence-corrected chi connectivity index (χ2v) is 4.57. The van der Waals surface area contributed by atoms with E-state index in [4.69, 9.17) is 27.8 Å². The molecule has 0 saturated carbocycles. The van der Waals surface area contributed by atoms with E-state index >= 15 is 0 Å². The van der Waals surface area contributed by atoms with Crippen LogP contribution in [0.3, 0.4) is 0 Å². The van der Waals surface area contributed by atoms with Gasteiger partial charge in [-0.1, -0.05) is 11.6 Å². The number of rotatable bonds is 3. The molecule has 0 saturated heterocycles. The van der Waals surface area contributed by atoms with Gasteiger partial charge in [-0.25, -0.2) is 9.18 Å². The van der Waals surface area contributed by atoms with E-state index in [1.807, 2.05) is 0 Å². The fourth-order valence-corrected chi connectivity index (χ4v) is 1.81. The summed E-state index contributed by atoms with van der Waals surface area (Å²) in [6.45, 7) is -0.140. The molecular formula is C14H12ClFN2O2. The Morgan fingerprint density at radius 1 is 1.20 bits per heavy atom. The Bertz CT molecular complexity index is 662. The number of hydrogen-bond donors (Lipinski definition) is 2. The molecule has 0 aromatic heterocycles. The van der Waals surface area contributed by atoms with Gasteiger partial charge in [-0.2, -0.15) is 0 Å². The number of ether oxygens (including phenoxy) is 1. The molecule has 2 aromatic carbocycles. The van der Waals surface area contributed by atoms with Gasteiger partial charge in [0.2, 0.25) is 0 Å². The molecule has 0 amide bonds. The number of nitrogens with two attached hydrogens (primary N) is 2. The molecule has 0 unspecified atom stereocenters. The summed E-state index contributed by atoms with van der Waals surface area (Å²) in [5.74, 6) is -1.07. The largest absolute Gasteiger partial charge is 0.457 e. The molecule has 0 aliphatic rings. The van der Waals surface area contributed by atoms with Crippen molar-refractivity contribution in [3.8, 4) is 0 Å². The van der Waals surface area contributed by atoms with Gasteiger partial charge in [0, 0.05) is 22.0 Å². The highest BCUT2D eigenvalue weighted by molar-refractivity contribution is 6.31. The molecule has 0 fully saturated rings. The first-order valence-electron chi connectivity index (χ1n) is 5.73. The molecule has 0 radical (unpaired) electrons. The first kappa shape index (κ1) is 14.1. The first-order chi connectivity index (χ1) is 9.47. The van der Waals surface area contributed by atoms with Crippen LogP contribution in [0.1, 0.15) is 15.9 Å². The summed E-state index contributed by atoms with van der Waals surface area (Å²) in [7, 11) is 0. The summed E-state index contributed by atoms with van der Waals surface area (Å²) in [6.07, 6.45) is 0. The summed E-state index contributed by atoms with van der Waals surface area (Å²) in [6, 6.07) is 8.32. The van der Waals surface area contributed by atoms with E-state index < -0.39 is 11.8 Å². The van der Waals surface area contributed by atoms with Gasteiger partial charge in [0.05, 0.1) is 5.56 Å². The third-order valence-electron chi connectivity index (χ3n) is 2.66. The SMILES string of the molecule is Nc1ccc(C(=O)OCc2cc(F)ccc2Cl)c(N)c1. The van der Waals surface area contributed by atoms with Crippen molar-refractivity contribution < 1.29 is 13.9 Å². The minimum Gasteiger partial charge on any atom is -0.457 e. The highest BCUT2D eigenvalue weighted by Gasteiger charge is 2.12. The molecule has 20 heavy (non-hydrogen) atoms. The van der Waals surface area contributed by atoms with Crippen molar-refractivity contribution in [2.75, 3.05) is 11.5 Å². The number of esters is 1. The normalized spacial score (nSPS) is 10.3. The number of halogens is 2. The van der Waals surface area contributed by atoms with E-state index in [0.29, 0.717) is 16.3 Å². The number of carbonyl (C=O) groups excluding carboxylic acids is 1. The van der Waals surface area contributed by atoms with Crippen LogP contribution in [0.25, 0.3) is 0 Å². The standard InChI is InChI=1S/C14H12ClFN2O2/c15-12-4-1-9(16)5-8(12)7-20-14(19)11-3-2-10(17)6-13(11)18/h1-6H,7,17-18H2. The van der Waals surface area contributed by atoms with Crippen molar-refractivity contribution in [2.24, 2.45) is 0 Å². The van der Waals surface area contributed by atoms with Crippen molar-refractivity contribution in [1.29, 1.82) is 0 Å². The van der Waals surface area contributed by atoms with Crippen LogP contribution in [0.2, 0.25) is 5.02 Å². The summed E-state index contributed by atoms with van der Waals surface area (Å²) in [5.41, 5.74) is 12.5. The van der Waals surface area contributed by atoms with Crippen LogP contribution >= 0.6 is 11.6 Å². The molecular weight excluding hydrogens is 283 g/mol. The highest BCUT2D eigenvalue weighted by Crippen LogP contribution is 2.20. The van der Waals surface area contributed by atoms with Crippen LogP contribution in [-0.2, 0) is 11.3 Å². The fraction of sp³-hybridized carbons (Fsp3) is 0.0714. The number of nitrogen functional groups attached to an aromatic ring is 2. The number of hydrogen-bond acceptors (Lipinski definition) is 4. The Morgan fingerprint density at radius 2 is 1.95 bits per heavy atom. The quantitative estimate of drug-likeness (QED) is 0.674. The lowest BCUT2D eigenvalue weighted by molar-refractivity contribution is 0.0474. The molecule has 4 N–H and O–H groups in total. The monoisotopic (exact) mass is 294 g/mol. The second kappa shape index (κ2) is 5.79. The highest BCUT2D eigenvalue weighted by atomic mass is 35.5. The fourth-order valence-electron chi connectivity index (χ4n) is 1.64. The van der Waals surface area contributed by atoms with Gasteiger partial charge >= 0.3 is 5.97 Å². The minimum atomic E-state index is -0.622. The molecule has 0 heterocycles. The zero-order chi connectivity index (χ0) is 14.7. The first-order valence-corrected chi connectivity index (χ1v) is 6.11. The van der Waals surface area contributed by atoms with E-state index in [2.05, 4.69) is 0 Å². The third-order valence-corrected chi connectivity index (χ3v) is 3.03. The number of anilines is 2. The molecule has 6 heteroatoms. The van der Waals surface area contributed by atoms with Crippen molar-refractivity contribution in [1.82, 2.24) is 0 Å². The average molecular weight is 295 g/mol. The summed E-state index contributed by atoms with van der Waals surface area (Å²) < 4.78 is 18.1. The van der Waals surface area contributed by atoms with Crippen molar-refractivity contribution in [3.63, 3.8) is 0 Å². The van der Waals surface area contributed by atoms with Gasteiger partial charge < -0.3 is 16.2 Å². The van der Waals surface area contributed by atoms with Crippen LogP contribution < -0.4 is 11.5 Å². The molecule has 4 nitrogen and oxygen atoms in total. The van der Waals surface area contributed by atoms with Gasteiger partial charge in [-0.15, -0.1) is 0 Å². The maximum atomic E-state index is 13.1. The Balaban J connectivity index is 2.10. The zero-order valence-corrected chi connectivity index (χ0v) is 11.2. The maximum absolute atomic E-state index is 13.1. The second-order valence-electron chi connectivity index (χ2n) is 4.16. The third kappa shape index (κ3) is 3.19. The lowest BCUT2D eigenvalue weighted by atomic mass is 10.1. The van der Waals surface area contributed by atoms with Gasteiger partial charge in [-0.05, 0) is 36.4 Å². The summed E-state index contributed by atoms with van der Waals surface area (Å²) in [5, 5.41) is 0.324. The van der Waals surface area contributed by atoms with Crippen LogP contribution in [0.5, 0.6) is 0 Å². The van der Waals surface area contributed by atoms with Gasteiger partial charge in [0.25, 0.3) is 0 Å².